The monoisotopic (exact) mass is 326 g/mol. The van der Waals surface area contributed by atoms with Gasteiger partial charge in [0.05, 0.1) is 16.8 Å². The Labute approximate surface area is 137 Å². The van der Waals surface area contributed by atoms with Crippen LogP contribution in [0.5, 0.6) is 0 Å². The number of carboxylic acid groups (broad SMARTS) is 1. The molecule has 0 amide bonds. The van der Waals surface area contributed by atoms with E-state index in [2.05, 4.69) is 0 Å². The molecular formula is C18H15FN2O3. The Balaban J connectivity index is 2.32. The number of fused-ring (bicyclic) bond motifs is 1. The zero-order valence-electron chi connectivity index (χ0n) is 12.9. The Morgan fingerprint density at radius 1 is 1.21 bits per heavy atom. The highest BCUT2D eigenvalue weighted by Crippen LogP contribution is 2.28. The molecule has 0 aliphatic rings. The van der Waals surface area contributed by atoms with Crippen molar-refractivity contribution < 1.29 is 19.1 Å². The van der Waals surface area contributed by atoms with Crippen molar-refractivity contribution in [2.75, 3.05) is 5.73 Å². The number of aromatic carboxylic acids is 1. The molecule has 122 valence electrons. The second-order valence-corrected chi connectivity index (χ2v) is 5.41. The van der Waals surface area contributed by atoms with Gasteiger partial charge in [0.1, 0.15) is 5.82 Å². The lowest BCUT2D eigenvalue weighted by atomic mass is 10.0. The predicted molar refractivity (Wildman–Crippen MR) is 88.0 cm³/mol. The summed E-state index contributed by atoms with van der Waals surface area (Å²) in [5.74, 6) is -1.92. The number of carbonyl (C=O) groups excluding carboxylic acids is 1. The topological polar surface area (TPSA) is 84.8 Å². The van der Waals surface area contributed by atoms with E-state index in [1.807, 2.05) is 0 Å². The standard InChI is InChI=1S/C18H15FN2O3/c1-2-13-15(18(23)24)14-9-12(20)7-8-21(14)16(13)17(22)10-3-5-11(19)6-4-10/h3-9H,2,20H2,1H3,(H,23,24). The number of ketones is 1. The molecule has 3 N–H and O–H groups in total. The van der Waals surface area contributed by atoms with Gasteiger partial charge in [0.25, 0.3) is 0 Å². The number of benzene rings is 1. The van der Waals surface area contributed by atoms with Crippen LogP contribution < -0.4 is 5.73 Å². The number of carbonyl (C=O) groups is 2. The lowest BCUT2D eigenvalue weighted by Gasteiger charge is -2.05. The van der Waals surface area contributed by atoms with Crippen LogP contribution in [0.15, 0.2) is 42.6 Å². The molecule has 0 fully saturated rings. The number of aromatic nitrogens is 1. The summed E-state index contributed by atoms with van der Waals surface area (Å²) >= 11 is 0. The summed E-state index contributed by atoms with van der Waals surface area (Å²) in [7, 11) is 0. The second-order valence-electron chi connectivity index (χ2n) is 5.41. The molecule has 0 saturated heterocycles. The minimum Gasteiger partial charge on any atom is -0.478 e. The number of hydrogen-bond donors (Lipinski definition) is 2. The molecule has 0 bridgehead atoms. The highest BCUT2D eigenvalue weighted by Gasteiger charge is 2.26. The zero-order chi connectivity index (χ0) is 17.4. The van der Waals surface area contributed by atoms with Crippen LogP contribution >= 0.6 is 0 Å². The van der Waals surface area contributed by atoms with E-state index >= 15 is 0 Å². The molecule has 0 saturated carbocycles. The minimum atomic E-state index is -1.12. The van der Waals surface area contributed by atoms with E-state index in [4.69, 9.17) is 5.73 Å². The van der Waals surface area contributed by atoms with Gasteiger partial charge in [-0.05, 0) is 48.4 Å². The molecule has 0 aliphatic heterocycles. The molecule has 0 atom stereocenters. The van der Waals surface area contributed by atoms with Crippen LogP contribution in [-0.4, -0.2) is 21.3 Å². The third-order valence-electron chi connectivity index (χ3n) is 3.95. The molecule has 3 aromatic rings. The molecule has 1 aromatic carbocycles. The van der Waals surface area contributed by atoms with Gasteiger partial charge in [0.15, 0.2) is 0 Å². The van der Waals surface area contributed by atoms with Gasteiger partial charge in [-0.1, -0.05) is 6.92 Å². The Bertz CT molecular complexity index is 959. The summed E-state index contributed by atoms with van der Waals surface area (Å²) in [4.78, 5) is 24.6. The number of nitrogens with zero attached hydrogens (tertiary/aromatic N) is 1. The van der Waals surface area contributed by atoms with Crippen LogP contribution in [0.4, 0.5) is 10.1 Å². The molecular weight excluding hydrogens is 311 g/mol. The fraction of sp³-hybridized carbons (Fsp3) is 0.111. The number of carboxylic acids is 1. The molecule has 0 aliphatic carbocycles. The van der Waals surface area contributed by atoms with E-state index in [9.17, 15) is 19.1 Å². The Morgan fingerprint density at radius 2 is 1.88 bits per heavy atom. The largest absolute Gasteiger partial charge is 0.478 e. The third kappa shape index (κ3) is 2.42. The van der Waals surface area contributed by atoms with Gasteiger partial charge in [-0.15, -0.1) is 0 Å². The van der Waals surface area contributed by atoms with Crippen molar-refractivity contribution >= 4 is 23.0 Å². The molecule has 0 spiro atoms. The maximum atomic E-state index is 13.1. The third-order valence-corrected chi connectivity index (χ3v) is 3.95. The fourth-order valence-electron chi connectivity index (χ4n) is 2.89. The summed E-state index contributed by atoms with van der Waals surface area (Å²) in [6, 6.07) is 8.29. The van der Waals surface area contributed by atoms with Crippen molar-refractivity contribution in [3.8, 4) is 0 Å². The summed E-state index contributed by atoms with van der Waals surface area (Å²) in [6.07, 6.45) is 1.94. The summed E-state index contributed by atoms with van der Waals surface area (Å²) in [5.41, 5.74) is 7.59. The van der Waals surface area contributed by atoms with Crippen molar-refractivity contribution in [1.29, 1.82) is 0 Å². The first-order chi connectivity index (χ1) is 11.4. The smallest absolute Gasteiger partial charge is 0.338 e. The van der Waals surface area contributed by atoms with Crippen LogP contribution in [0.2, 0.25) is 0 Å². The van der Waals surface area contributed by atoms with Gasteiger partial charge >= 0.3 is 5.97 Å². The second kappa shape index (κ2) is 5.81. The number of rotatable bonds is 4. The maximum absolute atomic E-state index is 13.1. The Hall–Kier alpha value is -3.15. The van der Waals surface area contributed by atoms with E-state index in [1.165, 1.54) is 34.7 Å². The van der Waals surface area contributed by atoms with Crippen molar-refractivity contribution in [1.82, 2.24) is 4.40 Å². The van der Waals surface area contributed by atoms with Gasteiger partial charge in [-0.3, -0.25) is 4.79 Å². The summed E-state index contributed by atoms with van der Waals surface area (Å²) < 4.78 is 14.6. The Morgan fingerprint density at radius 3 is 2.46 bits per heavy atom. The zero-order valence-corrected chi connectivity index (χ0v) is 12.9. The summed E-state index contributed by atoms with van der Waals surface area (Å²) in [5, 5.41) is 9.57. The van der Waals surface area contributed by atoms with Crippen molar-refractivity contribution in [2.45, 2.75) is 13.3 Å². The highest BCUT2D eigenvalue weighted by atomic mass is 19.1. The molecule has 3 rings (SSSR count). The van der Waals surface area contributed by atoms with Gasteiger partial charge < -0.3 is 15.2 Å². The number of nitrogens with two attached hydrogens (primary N) is 1. The molecule has 2 heterocycles. The first kappa shape index (κ1) is 15.7. The number of nitrogen functional groups attached to an aromatic ring is 1. The fourth-order valence-corrected chi connectivity index (χ4v) is 2.89. The van der Waals surface area contributed by atoms with E-state index in [0.29, 0.717) is 28.8 Å². The van der Waals surface area contributed by atoms with Crippen molar-refractivity contribution in [3.63, 3.8) is 0 Å². The molecule has 24 heavy (non-hydrogen) atoms. The van der Waals surface area contributed by atoms with Gasteiger partial charge in [0.2, 0.25) is 5.78 Å². The van der Waals surface area contributed by atoms with E-state index < -0.39 is 11.8 Å². The lowest BCUT2D eigenvalue weighted by Crippen LogP contribution is -2.09. The average Bonchev–Trinajstić information content (AvgIpc) is 2.88. The van der Waals surface area contributed by atoms with Gasteiger partial charge in [0, 0.05) is 17.4 Å². The van der Waals surface area contributed by atoms with Crippen LogP contribution in [0, 0.1) is 5.82 Å². The number of halogens is 1. The average molecular weight is 326 g/mol. The van der Waals surface area contributed by atoms with Crippen LogP contribution in [0.1, 0.15) is 38.9 Å². The molecule has 6 heteroatoms. The minimum absolute atomic E-state index is 0.0651. The number of hydrogen-bond acceptors (Lipinski definition) is 3. The molecule has 2 aromatic heterocycles. The lowest BCUT2D eigenvalue weighted by molar-refractivity contribution is 0.0698. The quantitative estimate of drug-likeness (QED) is 0.721. The van der Waals surface area contributed by atoms with Crippen LogP contribution in [0.3, 0.4) is 0 Å². The van der Waals surface area contributed by atoms with Crippen LogP contribution in [-0.2, 0) is 6.42 Å². The van der Waals surface area contributed by atoms with E-state index in [0.717, 1.165) is 0 Å². The first-order valence-corrected chi connectivity index (χ1v) is 7.40. The summed E-state index contributed by atoms with van der Waals surface area (Å²) in [6.45, 7) is 1.78. The first-order valence-electron chi connectivity index (χ1n) is 7.40. The van der Waals surface area contributed by atoms with Crippen molar-refractivity contribution in [3.05, 3.63) is 70.8 Å². The Kier molecular flexibility index (Phi) is 3.81. The maximum Gasteiger partial charge on any atom is 0.338 e. The van der Waals surface area contributed by atoms with Crippen LogP contribution in [0.25, 0.3) is 5.52 Å². The molecule has 0 radical (unpaired) electrons. The van der Waals surface area contributed by atoms with E-state index in [1.54, 1.807) is 19.2 Å². The SMILES string of the molecule is CCc1c(C(=O)O)c2cc(N)ccn2c1C(=O)c1ccc(F)cc1. The molecule has 0 unspecified atom stereocenters. The van der Waals surface area contributed by atoms with Gasteiger partial charge in [-0.25, -0.2) is 9.18 Å². The predicted octanol–water partition coefficient (Wildman–Crippen LogP) is 3.15. The normalized spacial score (nSPS) is 10.9. The van der Waals surface area contributed by atoms with E-state index in [-0.39, 0.29) is 17.0 Å². The highest BCUT2D eigenvalue weighted by molar-refractivity contribution is 6.13. The van der Waals surface area contributed by atoms with Crippen molar-refractivity contribution in [2.24, 2.45) is 0 Å². The number of anilines is 1. The van der Waals surface area contributed by atoms with Gasteiger partial charge in [-0.2, -0.15) is 0 Å². The number of pyridine rings is 1. The molecule has 5 nitrogen and oxygen atoms in total.